The van der Waals surface area contributed by atoms with Crippen molar-refractivity contribution in [1.82, 2.24) is 24.5 Å². The molecule has 2 aliphatic heterocycles. The zero-order valence-electron chi connectivity index (χ0n) is 16.3. The Labute approximate surface area is 176 Å². The molecule has 0 amide bonds. The molecule has 2 fully saturated rings. The molecule has 2 saturated heterocycles. The molecule has 0 bridgehead atoms. The van der Waals surface area contributed by atoms with E-state index in [1.807, 2.05) is 5.38 Å². The molecule has 0 atom stereocenters. The van der Waals surface area contributed by atoms with E-state index in [0.717, 1.165) is 26.2 Å². The lowest BCUT2D eigenvalue weighted by molar-refractivity contribution is 0.121. The molecule has 0 aliphatic carbocycles. The fourth-order valence-electron chi connectivity index (χ4n) is 3.34. The number of nitrogens with zero attached hydrogens (tertiary/aromatic N) is 7. The van der Waals surface area contributed by atoms with Crippen molar-refractivity contribution in [3.05, 3.63) is 40.1 Å². The van der Waals surface area contributed by atoms with Crippen LogP contribution in [0.4, 0.5) is 11.9 Å². The van der Waals surface area contributed by atoms with Gasteiger partial charge >= 0.3 is 0 Å². The quantitative estimate of drug-likeness (QED) is 0.599. The topological polar surface area (TPSA) is 98.5 Å². The maximum absolute atomic E-state index is 12.1. The van der Waals surface area contributed by atoms with Crippen LogP contribution in [-0.2, 0) is 9.47 Å². The SMILES string of the molecule is O=c1ccccn1-c1nc(-c2nc(N3CCOCC3)nc(N3CCOCC3)n2)cs1. The molecule has 3 aromatic rings. The van der Waals surface area contributed by atoms with Gasteiger partial charge in [-0.15, -0.1) is 11.3 Å². The molecule has 3 aromatic heterocycles. The second kappa shape index (κ2) is 8.46. The predicted molar refractivity (Wildman–Crippen MR) is 113 cm³/mol. The second-order valence-electron chi connectivity index (χ2n) is 6.88. The molecule has 5 rings (SSSR count). The van der Waals surface area contributed by atoms with E-state index in [1.165, 1.54) is 22.0 Å². The van der Waals surface area contributed by atoms with Crippen molar-refractivity contribution in [1.29, 1.82) is 0 Å². The minimum absolute atomic E-state index is 0.128. The highest BCUT2D eigenvalue weighted by atomic mass is 32.1. The number of anilines is 2. The molecule has 0 N–H and O–H groups in total. The summed E-state index contributed by atoms with van der Waals surface area (Å²) in [6.07, 6.45) is 1.71. The molecule has 156 valence electrons. The van der Waals surface area contributed by atoms with Crippen LogP contribution in [0.5, 0.6) is 0 Å². The van der Waals surface area contributed by atoms with Crippen LogP contribution in [0.3, 0.4) is 0 Å². The Hall–Kier alpha value is -2.89. The summed E-state index contributed by atoms with van der Waals surface area (Å²) < 4.78 is 12.4. The van der Waals surface area contributed by atoms with Crippen LogP contribution < -0.4 is 15.4 Å². The number of hydrogen-bond donors (Lipinski definition) is 0. The van der Waals surface area contributed by atoms with Crippen molar-refractivity contribution in [3.8, 4) is 16.6 Å². The van der Waals surface area contributed by atoms with Gasteiger partial charge in [0.05, 0.1) is 26.4 Å². The van der Waals surface area contributed by atoms with Gasteiger partial charge in [0.15, 0.2) is 11.0 Å². The van der Waals surface area contributed by atoms with Crippen molar-refractivity contribution in [3.63, 3.8) is 0 Å². The van der Waals surface area contributed by atoms with Crippen molar-refractivity contribution in [2.45, 2.75) is 0 Å². The van der Waals surface area contributed by atoms with Crippen molar-refractivity contribution >= 4 is 23.2 Å². The number of thiazole rings is 1. The summed E-state index contributed by atoms with van der Waals surface area (Å²) in [5, 5.41) is 2.45. The molecule has 0 spiro atoms. The molecule has 2 aliphatic rings. The zero-order valence-corrected chi connectivity index (χ0v) is 17.1. The first-order chi connectivity index (χ1) is 14.8. The van der Waals surface area contributed by atoms with Gasteiger partial charge in [-0.05, 0) is 6.07 Å². The highest BCUT2D eigenvalue weighted by Gasteiger charge is 2.22. The summed E-state index contributed by atoms with van der Waals surface area (Å²) in [6, 6.07) is 5.03. The highest BCUT2D eigenvalue weighted by Crippen LogP contribution is 2.25. The third kappa shape index (κ3) is 3.91. The summed E-state index contributed by atoms with van der Waals surface area (Å²) in [7, 11) is 0. The Morgan fingerprint density at radius 2 is 1.47 bits per heavy atom. The summed E-state index contributed by atoms with van der Waals surface area (Å²) in [5.41, 5.74) is 0.495. The van der Waals surface area contributed by atoms with E-state index in [9.17, 15) is 4.79 Å². The molecule has 10 nitrogen and oxygen atoms in total. The third-order valence-corrected chi connectivity index (χ3v) is 5.79. The van der Waals surface area contributed by atoms with Gasteiger partial charge in [0.1, 0.15) is 5.69 Å². The van der Waals surface area contributed by atoms with Gasteiger partial charge in [-0.2, -0.15) is 15.0 Å². The minimum atomic E-state index is -0.128. The van der Waals surface area contributed by atoms with Crippen molar-refractivity contribution < 1.29 is 9.47 Å². The first kappa shape index (κ1) is 19.1. The molecule has 0 saturated carbocycles. The van der Waals surface area contributed by atoms with Crippen LogP contribution in [-0.4, -0.2) is 77.1 Å². The van der Waals surface area contributed by atoms with E-state index in [4.69, 9.17) is 24.4 Å². The standard InChI is InChI=1S/C19H21N7O3S/c27-15-3-1-2-4-26(15)19-20-14(13-30-19)16-21-17(24-5-9-28-10-6-24)23-18(22-16)25-7-11-29-12-8-25/h1-4,13H,5-12H2. The van der Waals surface area contributed by atoms with Crippen LogP contribution in [0, 0.1) is 0 Å². The van der Waals surface area contributed by atoms with Crippen LogP contribution in [0.15, 0.2) is 34.6 Å². The molecule has 0 unspecified atom stereocenters. The molecule has 0 aromatic carbocycles. The van der Waals surface area contributed by atoms with Crippen molar-refractivity contribution in [2.24, 2.45) is 0 Å². The van der Waals surface area contributed by atoms with E-state index in [2.05, 4.69) is 14.8 Å². The summed E-state index contributed by atoms with van der Waals surface area (Å²) >= 11 is 1.38. The van der Waals surface area contributed by atoms with E-state index >= 15 is 0 Å². The van der Waals surface area contributed by atoms with Crippen LogP contribution in [0.1, 0.15) is 0 Å². The first-order valence-electron chi connectivity index (χ1n) is 9.83. The lowest BCUT2D eigenvalue weighted by Crippen LogP contribution is -2.40. The van der Waals surface area contributed by atoms with Crippen molar-refractivity contribution in [2.75, 3.05) is 62.4 Å². The summed E-state index contributed by atoms with van der Waals surface area (Å²) in [5.74, 6) is 1.74. The Morgan fingerprint density at radius 3 is 2.07 bits per heavy atom. The van der Waals surface area contributed by atoms with Gasteiger partial charge in [-0.3, -0.25) is 9.36 Å². The normalized spacial score (nSPS) is 17.3. The average Bonchev–Trinajstić information content (AvgIpc) is 3.30. The minimum Gasteiger partial charge on any atom is -0.378 e. The predicted octanol–water partition coefficient (Wildman–Crippen LogP) is 0.819. The molecular weight excluding hydrogens is 406 g/mol. The molecule has 30 heavy (non-hydrogen) atoms. The lowest BCUT2D eigenvalue weighted by atomic mass is 10.4. The summed E-state index contributed by atoms with van der Waals surface area (Å²) in [4.78, 5) is 35.1. The maximum Gasteiger partial charge on any atom is 0.256 e. The average molecular weight is 427 g/mol. The van der Waals surface area contributed by atoms with Crippen LogP contribution in [0.25, 0.3) is 16.6 Å². The Morgan fingerprint density at radius 1 is 0.833 bits per heavy atom. The van der Waals surface area contributed by atoms with Gasteiger partial charge < -0.3 is 19.3 Å². The fraction of sp³-hybridized carbons (Fsp3) is 0.421. The van der Waals surface area contributed by atoms with Gasteiger partial charge in [-0.1, -0.05) is 6.07 Å². The molecular formula is C19H21N7O3S. The Bertz CT molecular complexity index is 1040. The van der Waals surface area contributed by atoms with E-state index in [-0.39, 0.29) is 5.56 Å². The fourth-order valence-corrected chi connectivity index (χ4v) is 4.13. The number of ether oxygens (including phenoxy) is 2. The molecule has 5 heterocycles. The number of hydrogen-bond acceptors (Lipinski definition) is 10. The highest BCUT2D eigenvalue weighted by molar-refractivity contribution is 7.12. The largest absolute Gasteiger partial charge is 0.378 e. The van der Waals surface area contributed by atoms with Gasteiger partial charge in [0, 0.05) is 43.8 Å². The second-order valence-corrected chi connectivity index (χ2v) is 7.72. The smallest absolute Gasteiger partial charge is 0.256 e. The number of morpholine rings is 2. The van der Waals surface area contributed by atoms with Gasteiger partial charge in [0.25, 0.3) is 5.56 Å². The monoisotopic (exact) mass is 427 g/mol. The third-order valence-electron chi connectivity index (χ3n) is 4.95. The van der Waals surface area contributed by atoms with Crippen LogP contribution >= 0.6 is 11.3 Å². The van der Waals surface area contributed by atoms with E-state index < -0.39 is 0 Å². The van der Waals surface area contributed by atoms with Gasteiger partial charge in [0.2, 0.25) is 11.9 Å². The van der Waals surface area contributed by atoms with E-state index in [1.54, 1.807) is 18.3 Å². The first-order valence-corrected chi connectivity index (χ1v) is 10.7. The molecule has 11 heteroatoms. The number of aromatic nitrogens is 5. The molecule has 0 radical (unpaired) electrons. The van der Waals surface area contributed by atoms with Gasteiger partial charge in [-0.25, -0.2) is 4.98 Å². The van der Waals surface area contributed by atoms with Crippen LogP contribution in [0.2, 0.25) is 0 Å². The maximum atomic E-state index is 12.1. The Kier molecular flexibility index (Phi) is 5.39. The summed E-state index contributed by atoms with van der Waals surface area (Å²) in [6.45, 7) is 5.50. The number of rotatable bonds is 4. The zero-order chi connectivity index (χ0) is 20.3. The number of pyridine rings is 1. The lowest BCUT2D eigenvalue weighted by Gasteiger charge is -2.30. The van der Waals surface area contributed by atoms with E-state index in [0.29, 0.717) is 55.0 Å². The Balaban J connectivity index is 1.53.